The zero-order valence-corrected chi connectivity index (χ0v) is 12.3. The molecule has 0 bridgehead atoms. The van der Waals surface area contributed by atoms with Crippen molar-refractivity contribution in [1.29, 1.82) is 0 Å². The molecule has 0 spiro atoms. The minimum atomic E-state index is -0.434. The standard InChI is InChI=1S/C14H21N3O4/c1-3-7-16-12(14(15)18)6-8-21-11-4-5-13(17(19)20)10(2)9-11/h4-5,9,12,16H,3,6-8H2,1-2H3,(H2,15,18). The van der Waals surface area contributed by atoms with E-state index < -0.39 is 16.9 Å². The van der Waals surface area contributed by atoms with Crippen LogP contribution in [0.15, 0.2) is 18.2 Å². The van der Waals surface area contributed by atoms with Crippen LogP contribution in [0.2, 0.25) is 0 Å². The Bertz CT molecular complexity index is 505. The van der Waals surface area contributed by atoms with Crippen molar-refractivity contribution in [2.45, 2.75) is 32.7 Å². The molecule has 1 aromatic carbocycles. The number of amides is 1. The van der Waals surface area contributed by atoms with Gasteiger partial charge in [0.05, 0.1) is 17.6 Å². The van der Waals surface area contributed by atoms with Gasteiger partial charge in [0.25, 0.3) is 5.69 Å². The number of ether oxygens (including phenoxy) is 1. The predicted molar refractivity (Wildman–Crippen MR) is 79.2 cm³/mol. The molecule has 0 aliphatic rings. The van der Waals surface area contributed by atoms with E-state index in [2.05, 4.69) is 5.32 Å². The van der Waals surface area contributed by atoms with Crippen molar-refractivity contribution in [3.05, 3.63) is 33.9 Å². The Hall–Kier alpha value is -2.15. The zero-order chi connectivity index (χ0) is 15.8. The van der Waals surface area contributed by atoms with Crippen molar-refractivity contribution in [2.75, 3.05) is 13.2 Å². The summed E-state index contributed by atoms with van der Waals surface area (Å²) in [5.41, 5.74) is 5.89. The number of rotatable bonds is 9. The van der Waals surface area contributed by atoms with E-state index in [9.17, 15) is 14.9 Å². The fourth-order valence-corrected chi connectivity index (χ4v) is 1.88. The van der Waals surface area contributed by atoms with Crippen LogP contribution in [0.1, 0.15) is 25.3 Å². The first-order valence-electron chi connectivity index (χ1n) is 6.86. The Morgan fingerprint density at radius 1 is 1.52 bits per heavy atom. The van der Waals surface area contributed by atoms with Crippen LogP contribution in [0.25, 0.3) is 0 Å². The highest BCUT2D eigenvalue weighted by Crippen LogP contribution is 2.23. The molecule has 0 radical (unpaired) electrons. The maximum atomic E-state index is 11.3. The summed E-state index contributed by atoms with van der Waals surface area (Å²) < 4.78 is 5.51. The summed E-state index contributed by atoms with van der Waals surface area (Å²) in [5, 5.41) is 13.8. The lowest BCUT2D eigenvalue weighted by molar-refractivity contribution is -0.385. The van der Waals surface area contributed by atoms with Gasteiger partial charge in [-0.05, 0) is 32.0 Å². The number of carbonyl (C=O) groups excluding carboxylic acids is 1. The topological polar surface area (TPSA) is 107 Å². The molecule has 7 heteroatoms. The Balaban J connectivity index is 2.53. The van der Waals surface area contributed by atoms with E-state index >= 15 is 0 Å². The third kappa shape index (κ3) is 5.39. The summed E-state index contributed by atoms with van der Waals surface area (Å²) in [6.07, 6.45) is 1.36. The molecule has 0 saturated heterocycles. The Morgan fingerprint density at radius 2 is 2.24 bits per heavy atom. The molecule has 21 heavy (non-hydrogen) atoms. The zero-order valence-electron chi connectivity index (χ0n) is 12.3. The van der Waals surface area contributed by atoms with Crippen molar-refractivity contribution >= 4 is 11.6 Å². The van der Waals surface area contributed by atoms with E-state index in [-0.39, 0.29) is 5.69 Å². The first-order valence-corrected chi connectivity index (χ1v) is 6.86. The maximum Gasteiger partial charge on any atom is 0.272 e. The molecule has 0 saturated carbocycles. The number of hydrogen-bond acceptors (Lipinski definition) is 5. The molecule has 1 unspecified atom stereocenters. The molecule has 1 atom stereocenters. The van der Waals surface area contributed by atoms with Crippen LogP contribution < -0.4 is 15.8 Å². The highest BCUT2D eigenvalue weighted by Gasteiger charge is 2.15. The number of nitrogens with one attached hydrogen (secondary N) is 1. The molecule has 7 nitrogen and oxygen atoms in total. The quantitative estimate of drug-likeness (QED) is 0.530. The summed E-state index contributed by atoms with van der Waals surface area (Å²) in [7, 11) is 0. The normalized spacial score (nSPS) is 11.9. The van der Waals surface area contributed by atoms with Gasteiger partial charge in [0, 0.05) is 18.1 Å². The molecule has 0 aromatic heterocycles. The minimum absolute atomic E-state index is 0.0574. The second-order valence-corrected chi connectivity index (χ2v) is 4.75. The van der Waals surface area contributed by atoms with Gasteiger partial charge in [-0.15, -0.1) is 0 Å². The molecular weight excluding hydrogens is 274 g/mol. The second-order valence-electron chi connectivity index (χ2n) is 4.75. The average Bonchev–Trinajstić information content (AvgIpc) is 2.41. The van der Waals surface area contributed by atoms with Crippen LogP contribution in [-0.4, -0.2) is 30.0 Å². The van der Waals surface area contributed by atoms with Gasteiger partial charge in [-0.1, -0.05) is 6.92 Å². The van der Waals surface area contributed by atoms with Gasteiger partial charge < -0.3 is 15.8 Å². The van der Waals surface area contributed by atoms with Crippen molar-refractivity contribution in [3.8, 4) is 5.75 Å². The summed E-state index contributed by atoms with van der Waals surface area (Å²) in [6.45, 7) is 4.67. The van der Waals surface area contributed by atoms with E-state index in [1.54, 1.807) is 19.1 Å². The molecule has 0 heterocycles. The van der Waals surface area contributed by atoms with E-state index in [0.29, 0.717) is 30.9 Å². The fraction of sp³-hybridized carbons (Fsp3) is 0.500. The number of nitro benzene ring substituents is 1. The molecule has 0 aliphatic heterocycles. The van der Waals surface area contributed by atoms with E-state index in [1.165, 1.54) is 6.07 Å². The molecule has 116 valence electrons. The number of aryl methyl sites for hydroxylation is 1. The largest absolute Gasteiger partial charge is 0.494 e. The lowest BCUT2D eigenvalue weighted by Crippen LogP contribution is -2.42. The number of carbonyl (C=O) groups is 1. The molecule has 0 aliphatic carbocycles. The van der Waals surface area contributed by atoms with Crippen molar-refractivity contribution in [2.24, 2.45) is 5.73 Å². The van der Waals surface area contributed by atoms with Crippen molar-refractivity contribution < 1.29 is 14.5 Å². The summed E-state index contributed by atoms with van der Waals surface area (Å²) >= 11 is 0. The summed E-state index contributed by atoms with van der Waals surface area (Å²) in [4.78, 5) is 21.5. The smallest absolute Gasteiger partial charge is 0.272 e. The molecule has 0 fully saturated rings. The van der Waals surface area contributed by atoms with Gasteiger partial charge >= 0.3 is 0 Å². The van der Waals surface area contributed by atoms with Gasteiger partial charge in [0.2, 0.25) is 5.91 Å². The van der Waals surface area contributed by atoms with Crippen LogP contribution in [0.5, 0.6) is 5.75 Å². The third-order valence-electron chi connectivity index (χ3n) is 3.02. The van der Waals surface area contributed by atoms with Crippen molar-refractivity contribution in [3.63, 3.8) is 0 Å². The lowest BCUT2D eigenvalue weighted by atomic mass is 10.2. The van der Waals surface area contributed by atoms with Gasteiger partial charge in [-0.25, -0.2) is 0 Å². The lowest BCUT2D eigenvalue weighted by Gasteiger charge is -2.15. The Labute approximate surface area is 123 Å². The monoisotopic (exact) mass is 295 g/mol. The predicted octanol–water partition coefficient (Wildman–Crippen LogP) is 1.53. The Morgan fingerprint density at radius 3 is 2.76 bits per heavy atom. The van der Waals surface area contributed by atoms with Gasteiger partial charge in [0.15, 0.2) is 0 Å². The van der Waals surface area contributed by atoms with E-state index in [0.717, 1.165) is 6.42 Å². The van der Waals surface area contributed by atoms with Gasteiger partial charge in [-0.3, -0.25) is 14.9 Å². The number of nitro groups is 1. The van der Waals surface area contributed by atoms with Gasteiger partial charge in [-0.2, -0.15) is 0 Å². The molecule has 1 aromatic rings. The summed E-state index contributed by atoms with van der Waals surface area (Å²) in [5.74, 6) is 0.128. The molecule has 1 rings (SSSR count). The van der Waals surface area contributed by atoms with Crippen molar-refractivity contribution in [1.82, 2.24) is 5.32 Å². The minimum Gasteiger partial charge on any atom is -0.494 e. The van der Waals surface area contributed by atoms with Crippen LogP contribution in [0, 0.1) is 17.0 Å². The number of hydrogen-bond donors (Lipinski definition) is 2. The van der Waals surface area contributed by atoms with Crippen LogP contribution in [0.4, 0.5) is 5.69 Å². The second kappa shape index (κ2) is 8.21. The van der Waals surface area contributed by atoms with E-state index in [4.69, 9.17) is 10.5 Å². The highest BCUT2D eigenvalue weighted by atomic mass is 16.6. The average molecular weight is 295 g/mol. The fourth-order valence-electron chi connectivity index (χ4n) is 1.88. The number of primary amides is 1. The number of nitrogens with zero attached hydrogens (tertiary/aromatic N) is 1. The SMILES string of the molecule is CCCNC(CCOc1ccc([N+](=O)[O-])c(C)c1)C(N)=O. The van der Waals surface area contributed by atoms with Crippen LogP contribution in [-0.2, 0) is 4.79 Å². The number of nitrogens with two attached hydrogens (primary N) is 1. The molecule has 1 amide bonds. The summed E-state index contributed by atoms with van der Waals surface area (Å²) in [6, 6.07) is 4.14. The first kappa shape index (κ1) is 16.9. The highest BCUT2D eigenvalue weighted by molar-refractivity contribution is 5.79. The third-order valence-corrected chi connectivity index (χ3v) is 3.02. The Kier molecular flexibility index (Phi) is 6.61. The van der Waals surface area contributed by atoms with Crippen LogP contribution >= 0.6 is 0 Å². The van der Waals surface area contributed by atoms with Crippen LogP contribution in [0.3, 0.4) is 0 Å². The van der Waals surface area contributed by atoms with E-state index in [1.807, 2.05) is 6.92 Å². The maximum absolute atomic E-state index is 11.3. The number of benzene rings is 1. The van der Waals surface area contributed by atoms with Gasteiger partial charge in [0.1, 0.15) is 5.75 Å². The first-order chi connectivity index (χ1) is 9.95. The molecule has 3 N–H and O–H groups in total. The molecular formula is C14H21N3O4.